The summed E-state index contributed by atoms with van der Waals surface area (Å²) in [4.78, 5) is 12.0. The molecular formula is C18H15NO3. The number of nitrogens with one attached hydrogen (secondary N) is 1. The van der Waals surface area contributed by atoms with Crippen LogP contribution in [-0.4, -0.2) is 5.91 Å². The number of furan rings is 1. The van der Waals surface area contributed by atoms with Gasteiger partial charge in [0.25, 0.3) is 5.91 Å². The molecule has 0 aliphatic carbocycles. The Balaban J connectivity index is 1.65. The number of benzene rings is 2. The SMILES string of the molecule is Cc1ccc(C(=O)Nc2ccc(Oc3ccccc3)cc2)o1. The molecule has 0 fully saturated rings. The number of rotatable bonds is 4. The van der Waals surface area contributed by atoms with E-state index in [9.17, 15) is 4.79 Å². The highest BCUT2D eigenvalue weighted by Crippen LogP contribution is 2.23. The maximum absolute atomic E-state index is 12.0. The van der Waals surface area contributed by atoms with E-state index in [2.05, 4.69) is 5.32 Å². The van der Waals surface area contributed by atoms with Gasteiger partial charge >= 0.3 is 0 Å². The maximum Gasteiger partial charge on any atom is 0.291 e. The molecule has 0 aliphatic rings. The second kappa shape index (κ2) is 6.18. The lowest BCUT2D eigenvalue weighted by atomic mass is 10.3. The van der Waals surface area contributed by atoms with Crippen LogP contribution >= 0.6 is 0 Å². The summed E-state index contributed by atoms with van der Waals surface area (Å²) in [6, 6.07) is 20.1. The summed E-state index contributed by atoms with van der Waals surface area (Å²) in [5.41, 5.74) is 0.680. The van der Waals surface area contributed by atoms with Crippen molar-refractivity contribution in [2.24, 2.45) is 0 Å². The molecule has 0 saturated heterocycles. The van der Waals surface area contributed by atoms with Crippen molar-refractivity contribution >= 4 is 11.6 Å². The number of carbonyl (C=O) groups excluding carboxylic acids is 1. The fraction of sp³-hybridized carbons (Fsp3) is 0.0556. The van der Waals surface area contributed by atoms with Gasteiger partial charge in [-0.15, -0.1) is 0 Å². The van der Waals surface area contributed by atoms with Crippen molar-refractivity contribution < 1.29 is 13.9 Å². The van der Waals surface area contributed by atoms with Crippen molar-refractivity contribution in [1.82, 2.24) is 0 Å². The van der Waals surface area contributed by atoms with Crippen molar-refractivity contribution in [2.75, 3.05) is 5.32 Å². The third-order valence-corrected chi connectivity index (χ3v) is 3.06. The lowest BCUT2D eigenvalue weighted by Gasteiger charge is -2.07. The number of anilines is 1. The summed E-state index contributed by atoms with van der Waals surface area (Å²) in [5, 5.41) is 2.77. The highest BCUT2D eigenvalue weighted by Gasteiger charge is 2.10. The number of para-hydroxylation sites is 1. The molecule has 0 unspecified atom stereocenters. The predicted octanol–water partition coefficient (Wildman–Crippen LogP) is 4.63. The average Bonchev–Trinajstić information content (AvgIpc) is 2.97. The molecular weight excluding hydrogens is 278 g/mol. The molecule has 0 aliphatic heterocycles. The predicted molar refractivity (Wildman–Crippen MR) is 84.4 cm³/mol. The van der Waals surface area contributed by atoms with Crippen molar-refractivity contribution in [3.05, 3.63) is 78.3 Å². The van der Waals surface area contributed by atoms with Crippen LogP contribution in [0.4, 0.5) is 5.69 Å². The number of hydrogen-bond donors (Lipinski definition) is 1. The monoisotopic (exact) mass is 293 g/mol. The van der Waals surface area contributed by atoms with Gasteiger partial charge in [-0.2, -0.15) is 0 Å². The van der Waals surface area contributed by atoms with Crippen LogP contribution in [0.25, 0.3) is 0 Å². The molecule has 0 spiro atoms. The van der Waals surface area contributed by atoms with Crippen LogP contribution in [0.15, 0.2) is 71.1 Å². The van der Waals surface area contributed by atoms with E-state index in [1.165, 1.54) is 0 Å². The molecule has 0 saturated carbocycles. The molecule has 22 heavy (non-hydrogen) atoms. The van der Waals surface area contributed by atoms with Crippen molar-refractivity contribution in [2.45, 2.75) is 6.92 Å². The van der Waals surface area contributed by atoms with Crippen LogP contribution in [0, 0.1) is 6.92 Å². The van der Waals surface area contributed by atoms with Gasteiger partial charge in [-0.25, -0.2) is 0 Å². The van der Waals surface area contributed by atoms with Crippen molar-refractivity contribution in [3.63, 3.8) is 0 Å². The minimum absolute atomic E-state index is 0.273. The Morgan fingerprint density at radius 3 is 2.23 bits per heavy atom. The topological polar surface area (TPSA) is 51.5 Å². The summed E-state index contributed by atoms with van der Waals surface area (Å²) < 4.78 is 11.0. The smallest absolute Gasteiger partial charge is 0.291 e. The Labute approximate surface area is 128 Å². The van der Waals surface area contributed by atoms with Crippen LogP contribution < -0.4 is 10.1 Å². The van der Waals surface area contributed by atoms with Crippen LogP contribution in [0.3, 0.4) is 0 Å². The van der Waals surface area contributed by atoms with Gasteiger partial charge in [0, 0.05) is 5.69 Å². The third-order valence-electron chi connectivity index (χ3n) is 3.06. The molecule has 1 amide bonds. The van der Waals surface area contributed by atoms with Gasteiger partial charge in [-0.05, 0) is 55.5 Å². The molecule has 1 heterocycles. The molecule has 2 aromatic carbocycles. The van der Waals surface area contributed by atoms with Crippen LogP contribution in [0.2, 0.25) is 0 Å². The van der Waals surface area contributed by atoms with Gasteiger partial charge in [0.05, 0.1) is 0 Å². The molecule has 3 rings (SSSR count). The van der Waals surface area contributed by atoms with Crippen LogP contribution in [0.1, 0.15) is 16.3 Å². The Hall–Kier alpha value is -3.01. The van der Waals surface area contributed by atoms with E-state index in [0.29, 0.717) is 23.0 Å². The normalized spacial score (nSPS) is 10.2. The lowest BCUT2D eigenvalue weighted by Crippen LogP contribution is -2.10. The largest absolute Gasteiger partial charge is 0.457 e. The van der Waals surface area contributed by atoms with E-state index in [0.717, 1.165) is 5.75 Å². The van der Waals surface area contributed by atoms with Crippen molar-refractivity contribution in [1.29, 1.82) is 0 Å². The lowest BCUT2D eigenvalue weighted by molar-refractivity contribution is 0.0995. The number of hydrogen-bond acceptors (Lipinski definition) is 3. The summed E-state index contributed by atoms with van der Waals surface area (Å²) in [6.07, 6.45) is 0. The highest BCUT2D eigenvalue weighted by molar-refractivity contribution is 6.02. The first-order valence-corrected chi connectivity index (χ1v) is 6.91. The second-order valence-corrected chi connectivity index (χ2v) is 4.80. The molecule has 0 bridgehead atoms. The zero-order valence-corrected chi connectivity index (χ0v) is 12.1. The molecule has 4 heteroatoms. The van der Waals surface area contributed by atoms with E-state index in [4.69, 9.17) is 9.15 Å². The van der Waals surface area contributed by atoms with Gasteiger partial charge in [0.15, 0.2) is 5.76 Å². The second-order valence-electron chi connectivity index (χ2n) is 4.80. The third kappa shape index (κ3) is 3.35. The minimum atomic E-state index is -0.273. The van der Waals surface area contributed by atoms with Crippen LogP contribution in [0.5, 0.6) is 11.5 Å². The quantitative estimate of drug-likeness (QED) is 0.762. The fourth-order valence-electron chi connectivity index (χ4n) is 1.98. The molecule has 0 atom stereocenters. The summed E-state index contributed by atoms with van der Waals surface area (Å²) in [5.74, 6) is 2.20. The average molecular weight is 293 g/mol. The van der Waals surface area contributed by atoms with E-state index >= 15 is 0 Å². The first-order valence-electron chi connectivity index (χ1n) is 6.91. The van der Waals surface area contributed by atoms with Gasteiger partial charge in [0.2, 0.25) is 0 Å². The number of carbonyl (C=O) groups is 1. The zero-order chi connectivity index (χ0) is 15.4. The summed E-state index contributed by atoms with van der Waals surface area (Å²) in [7, 11) is 0. The Bertz CT molecular complexity index is 761. The number of ether oxygens (including phenoxy) is 1. The standard InChI is InChI=1S/C18H15NO3/c1-13-7-12-17(21-13)18(20)19-14-8-10-16(11-9-14)22-15-5-3-2-4-6-15/h2-12H,1H3,(H,19,20). The molecule has 1 aromatic heterocycles. The van der Waals surface area contributed by atoms with Gasteiger partial charge in [-0.1, -0.05) is 18.2 Å². The van der Waals surface area contributed by atoms with E-state index < -0.39 is 0 Å². The summed E-state index contributed by atoms with van der Waals surface area (Å²) in [6.45, 7) is 1.80. The molecule has 4 nitrogen and oxygen atoms in total. The maximum atomic E-state index is 12.0. The molecule has 3 aromatic rings. The van der Waals surface area contributed by atoms with Gasteiger partial charge in [0.1, 0.15) is 17.3 Å². The summed E-state index contributed by atoms with van der Waals surface area (Å²) >= 11 is 0. The van der Waals surface area contributed by atoms with Gasteiger partial charge < -0.3 is 14.5 Å². The highest BCUT2D eigenvalue weighted by atomic mass is 16.5. The van der Waals surface area contributed by atoms with E-state index in [1.54, 1.807) is 43.3 Å². The number of amides is 1. The molecule has 1 N–H and O–H groups in total. The Morgan fingerprint density at radius 1 is 0.909 bits per heavy atom. The Morgan fingerprint density at radius 2 is 1.59 bits per heavy atom. The van der Waals surface area contributed by atoms with E-state index in [-0.39, 0.29) is 5.91 Å². The molecule has 110 valence electrons. The minimum Gasteiger partial charge on any atom is -0.457 e. The van der Waals surface area contributed by atoms with Gasteiger partial charge in [-0.3, -0.25) is 4.79 Å². The zero-order valence-electron chi connectivity index (χ0n) is 12.1. The first kappa shape index (κ1) is 13.9. The number of aryl methyl sites for hydroxylation is 1. The fourth-order valence-corrected chi connectivity index (χ4v) is 1.98. The van der Waals surface area contributed by atoms with E-state index in [1.807, 2.05) is 30.3 Å². The Kier molecular flexibility index (Phi) is 3.92. The van der Waals surface area contributed by atoms with Crippen LogP contribution in [-0.2, 0) is 0 Å². The first-order chi connectivity index (χ1) is 10.7. The molecule has 0 radical (unpaired) electrons. The van der Waals surface area contributed by atoms with Crippen molar-refractivity contribution in [3.8, 4) is 11.5 Å².